The first-order valence-electron chi connectivity index (χ1n) is 24.3. The molecule has 13 rings (SSSR count). The summed E-state index contributed by atoms with van der Waals surface area (Å²) in [7, 11) is 0. The largest absolute Gasteiger partial charge is 0.458 e. The minimum Gasteiger partial charge on any atom is -0.458 e. The summed E-state index contributed by atoms with van der Waals surface area (Å²) < 4.78 is 13.9. The van der Waals surface area contributed by atoms with Gasteiger partial charge in [0.1, 0.15) is 23.0 Å². The highest BCUT2D eigenvalue weighted by Gasteiger charge is 2.46. The molecule has 2 aliphatic heterocycles. The van der Waals surface area contributed by atoms with Gasteiger partial charge in [-0.1, -0.05) is 129 Å². The van der Waals surface area contributed by atoms with E-state index in [0.717, 1.165) is 62.6 Å². The van der Waals surface area contributed by atoms with E-state index in [1.165, 1.54) is 77.7 Å². The fourth-order valence-electron chi connectivity index (χ4n) is 11.8. The fourth-order valence-corrected chi connectivity index (χ4v) is 11.8. The molecule has 2 aliphatic carbocycles. The van der Waals surface area contributed by atoms with Crippen molar-refractivity contribution in [2.24, 2.45) is 0 Å². The molecule has 5 heteroatoms. The van der Waals surface area contributed by atoms with Crippen LogP contribution in [0.3, 0.4) is 0 Å². The number of nitrogens with zero attached hydrogens (tertiary/aromatic N) is 2. The second kappa shape index (κ2) is 14.9. The molecular weight excluding hydrogens is 840 g/mol. The summed E-state index contributed by atoms with van der Waals surface area (Å²) in [6.45, 7) is 18.1. The quantitative estimate of drug-likeness (QED) is 0.155. The third-order valence-electron chi connectivity index (χ3n) is 15.6. The molecule has 2 heterocycles. The maximum atomic E-state index is 6.96. The van der Waals surface area contributed by atoms with Gasteiger partial charge in [-0.05, 0) is 180 Å². The van der Waals surface area contributed by atoms with Crippen molar-refractivity contribution in [3.05, 3.63) is 220 Å². The molecule has 0 radical (unpaired) electrons. The van der Waals surface area contributed by atoms with Gasteiger partial charge in [0.05, 0.1) is 0 Å². The van der Waals surface area contributed by atoms with E-state index in [-0.39, 0.29) is 17.5 Å². The number of ether oxygens (including phenoxy) is 2. The van der Waals surface area contributed by atoms with Gasteiger partial charge in [-0.15, -0.1) is 0 Å². The van der Waals surface area contributed by atoms with Crippen LogP contribution in [0.2, 0.25) is 0 Å². The Morgan fingerprint density at radius 3 is 1.00 bits per heavy atom. The SMILES string of the molecule is Cc1ccc(N(c2ccc(C)cc2)c2ccc3c(c2)C(C)(C)c2cc4c(cc2-3)Oc2cccc3c2B4c2cc4c(cc2O3)-c2ccc(N(c3ccc(C)cc3)c3ccc(C)cc3)cc2C4(C)C)cc1. The summed E-state index contributed by atoms with van der Waals surface area (Å²) in [5.74, 6) is 3.53. The predicted molar refractivity (Wildman–Crippen MR) is 288 cm³/mol. The molecule has 4 nitrogen and oxygen atoms in total. The lowest BCUT2D eigenvalue weighted by Crippen LogP contribution is -2.57. The summed E-state index contributed by atoms with van der Waals surface area (Å²) in [6.07, 6.45) is 0. The molecule has 69 heavy (non-hydrogen) atoms. The van der Waals surface area contributed by atoms with E-state index in [9.17, 15) is 0 Å². The zero-order chi connectivity index (χ0) is 47.1. The van der Waals surface area contributed by atoms with Gasteiger partial charge in [0.25, 0.3) is 6.71 Å². The van der Waals surface area contributed by atoms with Gasteiger partial charge >= 0.3 is 0 Å². The molecule has 0 spiro atoms. The average Bonchev–Trinajstić information content (AvgIpc) is 3.70. The molecule has 0 fully saturated rings. The molecule has 0 atom stereocenters. The number of benzene rings is 9. The van der Waals surface area contributed by atoms with Crippen molar-refractivity contribution in [1.82, 2.24) is 0 Å². The van der Waals surface area contributed by atoms with E-state index in [0.29, 0.717) is 0 Å². The molecule has 0 unspecified atom stereocenters. The zero-order valence-electron chi connectivity index (χ0n) is 40.5. The van der Waals surface area contributed by atoms with Crippen molar-refractivity contribution < 1.29 is 9.47 Å². The van der Waals surface area contributed by atoms with Crippen LogP contribution in [0.15, 0.2) is 176 Å². The lowest BCUT2D eigenvalue weighted by molar-refractivity contribution is 0.464. The number of fused-ring (bicyclic) bond motifs is 10. The van der Waals surface area contributed by atoms with E-state index in [4.69, 9.17) is 9.47 Å². The topological polar surface area (TPSA) is 24.9 Å². The van der Waals surface area contributed by atoms with Crippen molar-refractivity contribution >= 4 is 57.2 Å². The van der Waals surface area contributed by atoms with Gasteiger partial charge in [-0.2, -0.15) is 0 Å². The molecule has 9 aromatic rings. The van der Waals surface area contributed by atoms with Crippen molar-refractivity contribution in [3.63, 3.8) is 0 Å². The maximum absolute atomic E-state index is 6.96. The Hall–Kier alpha value is -7.76. The number of hydrogen-bond acceptors (Lipinski definition) is 4. The Balaban J connectivity index is 0.917. The van der Waals surface area contributed by atoms with Gasteiger partial charge < -0.3 is 19.3 Å². The highest BCUT2D eigenvalue weighted by Crippen LogP contribution is 2.54. The Morgan fingerprint density at radius 1 is 0.333 bits per heavy atom. The number of aryl methyl sites for hydroxylation is 4. The smallest absolute Gasteiger partial charge is 0.260 e. The monoisotopic (exact) mass is 892 g/mol. The molecular formula is C64H53BN2O2. The van der Waals surface area contributed by atoms with Crippen molar-refractivity contribution in [2.45, 2.75) is 66.2 Å². The maximum Gasteiger partial charge on any atom is 0.260 e. The first-order valence-corrected chi connectivity index (χ1v) is 24.3. The van der Waals surface area contributed by atoms with E-state index in [1.807, 2.05) is 0 Å². The Bertz CT molecular complexity index is 3260. The van der Waals surface area contributed by atoms with Gasteiger partial charge in [-0.25, -0.2) is 0 Å². The average molecular weight is 893 g/mol. The molecule has 0 aromatic heterocycles. The van der Waals surface area contributed by atoms with Crippen molar-refractivity contribution in [1.29, 1.82) is 0 Å². The molecule has 9 aromatic carbocycles. The Kier molecular flexibility index (Phi) is 8.93. The van der Waals surface area contributed by atoms with Crippen LogP contribution in [0.1, 0.15) is 72.2 Å². The first kappa shape index (κ1) is 41.4. The van der Waals surface area contributed by atoms with Gasteiger partial charge in [0, 0.05) is 50.4 Å². The summed E-state index contributed by atoms with van der Waals surface area (Å²) in [4.78, 5) is 4.76. The zero-order valence-corrected chi connectivity index (χ0v) is 40.5. The summed E-state index contributed by atoms with van der Waals surface area (Å²) in [5.41, 5.74) is 24.9. The van der Waals surface area contributed by atoms with Crippen LogP contribution in [0, 0.1) is 27.7 Å². The van der Waals surface area contributed by atoms with Crippen LogP contribution in [-0.2, 0) is 10.8 Å². The second-order valence-corrected chi connectivity index (χ2v) is 20.9. The van der Waals surface area contributed by atoms with Crippen LogP contribution < -0.4 is 35.7 Å². The van der Waals surface area contributed by atoms with Crippen LogP contribution in [0.5, 0.6) is 23.0 Å². The van der Waals surface area contributed by atoms with E-state index < -0.39 is 0 Å². The van der Waals surface area contributed by atoms with Crippen LogP contribution in [0.4, 0.5) is 34.1 Å². The number of anilines is 6. The highest BCUT2D eigenvalue weighted by molar-refractivity contribution is 6.98. The van der Waals surface area contributed by atoms with E-state index in [1.54, 1.807) is 0 Å². The third kappa shape index (κ3) is 6.29. The number of rotatable bonds is 6. The van der Waals surface area contributed by atoms with Crippen molar-refractivity contribution in [3.8, 4) is 45.3 Å². The molecule has 0 saturated carbocycles. The summed E-state index contributed by atoms with van der Waals surface area (Å²) in [6, 6.07) is 65.3. The molecule has 334 valence electrons. The minimum absolute atomic E-state index is 0.0680. The predicted octanol–water partition coefficient (Wildman–Crippen LogP) is 15.2. The first-order chi connectivity index (χ1) is 33.3. The standard InChI is InChI=1S/C64H53BN2O2/c1-38-12-20-42(21-13-38)66(43-22-14-39(2)15-23-43)46-28-30-48-50-34-60-56(36-54(50)63(5,6)52(48)32-46)65-57-37-55-51(35-61(57)69-59-11-9-10-58(68-60)62(59)65)49-31-29-47(33-53(49)64(55,7)8)67(44-24-16-40(3)17-25-44)45-26-18-41(4)19-27-45/h9-37H,1-8H3. The van der Waals surface area contributed by atoms with Crippen LogP contribution >= 0.6 is 0 Å². The van der Waals surface area contributed by atoms with Crippen LogP contribution in [0.25, 0.3) is 22.3 Å². The fraction of sp³-hybridized carbons (Fsp3) is 0.156. The van der Waals surface area contributed by atoms with Crippen molar-refractivity contribution in [2.75, 3.05) is 9.80 Å². The third-order valence-corrected chi connectivity index (χ3v) is 15.6. The Morgan fingerprint density at radius 2 is 0.652 bits per heavy atom. The molecule has 0 amide bonds. The normalized spacial score (nSPS) is 14.5. The molecule has 4 aliphatic rings. The Labute approximate surface area is 406 Å². The van der Waals surface area contributed by atoms with E-state index in [2.05, 4.69) is 241 Å². The highest BCUT2D eigenvalue weighted by atomic mass is 16.5. The lowest BCUT2D eigenvalue weighted by atomic mass is 9.34. The van der Waals surface area contributed by atoms with Gasteiger partial charge in [-0.3, -0.25) is 0 Å². The van der Waals surface area contributed by atoms with E-state index >= 15 is 0 Å². The van der Waals surface area contributed by atoms with Crippen LogP contribution in [-0.4, -0.2) is 6.71 Å². The minimum atomic E-state index is -0.278. The number of hydrogen-bond donors (Lipinski definition) is 0. The lowest BCUT2D eigenvalue weighted by Gasteiger charge is -2.35. The summed E-state index contributed by atoms with van der Waals surface area (Å²) >= 11 is 0. The van der Waals surface area contributed by atoms with Gasteiger partial charge in [0.2, 0.25) is 0 Å². The summed E-state index contributed by atoms with van der Waals surface area (Å²) in [5, 5.41) is 0. The molecule has 0 N–H and O–H groups in total. The second-order valence-electron chi connectivity index (χ2n) is 20.9. The molecule has 0 bridgehead atoms. The molecule has 0 saturated heterocycles. The van der Waals surface area contributed by atoms with Gasteiger partial charge in [0.15, 0.2) is 0 Å².